The van der Waals surface area contributed by atoms with E-state index in [0.29, 0.717) is 38.5 Å². The van der Waals surface area contributed by atoms with Gasteiger partial charge < -0.3 is 4.90 Å². The van der Waals surface area contributed by atoms with Crippen LogP contribution < -0.4 is 4.90 Å². The number of rotatable bonds is 3. The molecule has 0 saturated carbocycles. The minimum absolute atomic E-state index is 0.297. The van der Waals surface area contributed by atoms with Gasteiger partial charge in [0.25, 0.3) is 11.8 Å². The van der Waals surface area contributed by atoms with E-state index in [9.17, 15) is 9.59 Å². The number of nitrogens with zero attached hydrogens (tertiary/aromatic N) is 2. The number of carbonyl (C=O) groups is 2. The van der Waals surface area contributed by atoms with E-state index in [-0.39, 0.29) is 11.8 Å². The molecule has 6 heteroatoms. The van der Waals surface area contributed by atoms with Crippen molar-refractivity contribution < 1.29 is 9.59 Å². The summed E-state index contributed by atoms with van der Waals surface area (Å²) in [7, 11) is 0. The average Bonchev–Trinajstić information content (AvgIpc) is 2.96. The number of halogens is 2. The second-order valence-corrected chi connectivity index (χ2v) is 8.62. The molecule has 0 radical (unpaired) electrons. The number of carbonyl (C=O) groups excluding carboxylic acids is 2. The third kappa shape index (κ3) is 3.67. The van der Waals surface area contributed by atoms with E-state index >= 15 is 0 Å². The summed E-state index contributed by atoms with van der Waals surface area (Å²) in [6, 6.07) is 12.3. The van der Waals surface area contributed by atoms with Gasteiger partial charge in [-0.2, -0.15) is 0 Å². The van der Waals surface area contributed by atoms with E-state index in [1.807, 2.05) is 13.0 Å². The number of amides is 2. The first-order chi connectivity index (χ1) is 13.9. The zero-order valence-corrected chi connectivity index (χ0v) is 17.9. The highest BCUT2D eigenvalue weighted by Crippen LogP contribution is 2.37. The Morgan fingerprint density at radius 2 is 1.59 bits per heavy atom. The van der Waals surface area contributed by atoms with Crippen LogP contribution in [0.5, 0.6) is 0 Å². The molecule has 0 atom stereocenters. The van der Waals surface area contributed by atoms with Crippen molar-refractivity contribution in [3.63, 3.8) is 0 Å². The molecule has 4 nitrogen and oxygen atoms in total. The third-order valence-electron chi connectivity index (χ3n) is 5.71. The van der Waals surface area contributed by atoms with Crippen molar-refractivity contribution in [1.29, 1.82) is 0 Å². The molecule has 29 heavy (non-hydrogen) atoms. The third-order valence-corrected chi connectivity index (χ3v) is 6.36. The predicted molar refractivity (Wildman–Crippen MR) is 117 cm³/mol. The van der Waals surface area contributed by atoms with Gasteiger partial charge in [0.05, 0.1) is 11.3 Å². The first-order valence-electron chi connectivity index (χ1n) is 9.77. The lowest BCUT2D eigenvalue weighted by Crippen LogP contribution is -2.38. The highest BCUT2D eigenvalue weighted by atomic mass is 35.5. The molecule has 0 N–H and O–H groups in total. The van der Waals surface area contributed by atoms with Crippen LogP contribution in [-0.2, 0) is 9.59 Å². The van der Waals surface area contributed by atoms with Crippen molar-refractivity contribution in [2.75, 3.05) is 18.0 Å². The fraction of sp³-hybridized carbons (Fsp3) is 0.304. The maximum absolute atomic E-state index is 13.5. The van der Waals surface area contributed by atoms with Gasteiger partial charge in [0.2, 0.25) is 0 Å². The van der Waals surface area contributed by atoms with Gasteiger partial charge in [-0.3, -0.25) is 9.59 Å². The van der Waals surface area contributed by atoms with Crippen LogP contribution in [0.4, 0.5) is 5.69 Å². The molecule has 1 saturated heterocycles. The van der Waals surface area contributed by atoms with Crippen LogP contribution in [0, 0.1) is 12.8 Å². The fourth-order valence-electron chi connectivity index (χ4n) is 3.88. The second kappa shape index (κ2) is 7.85. The molecule has 2 aromatic rings. The molecule has 0 aliphatic carbocycles. The van der Waals surface area contributed by atoms with Crippen molar-refractivity contribution >= 4 is 46.3 Å². The summed E-state index contributed by atoms with van der Waals surface area (Å²) in [5.41, 5.74) is 2.98. The molecule has 2 aliphatic rings. The Kier molecular flexibility index (Phi) is 5.41. The molecule has 2 aromatic carbocycles. The Bertz CT molecular complexity index is 1010. The van der Waals surface area contributed by atoms with E-state index in [2.05, 4.69) is 11.8 Å². The summed E-state index contributed by atoms with van der Waals surface area (Å²) in [4.78, 5) is 30.2. The molecule has 2 heterocycles. The Morgan fingerprint density at radius 3 is 2.21 bits per heavy atom. The zero-order chi connectivity index (χ0) is 20.7. The van der Waals surface area contributed by atoms with E-state index in [0.717, 1.165) is 31.5 Å². The van der Waals surface area contributed by atoms with Crippen LogP contribution in [0.15, 0.2) is 48.2 Å². The molecular weight excluding hydrogens is 407 g/mol. The van der Waals surface area contributed by atoms with Gasteiger partial charge in [-0.25, -0.2) is 4.90 Å². The van der Waals surface area contributed by atoms with Gasteiger partial charge in [-0.05, 0) is 61.1 Å². The summed E-state index contributed by atoms with van der Waals surface area (Å²) < 4.78 is 0. The smallest absolute Gasteiger partial charge is 0.282 e. The van der Waals surface area contributed by atoms with E-state index in [1.54, 1.807) is 36.4 Å². The van der Waals surface area contributed by atoms with Crippen LogP contribution in [0.3, 0.4) is 0 Å². The lowest BCUT2D eigenvalue weighted by atomic mass is 9.97. The summed E-state index contributed by atoms with van der Waals surface area (Å²) in [5, 5.41) is 1.11. The van der Waals surface area contributed by atoms with Crippen molar-refractivity contribution in [3.05, 3.63) is 69.3 Å². The van der Waals surface area contributed by atoms with Crippen LogP contribution in [0.1, 0.15) is 30.9 Å². The summed E-state index contributed by atoms with van der Waals surface area (Å²) >= 11 is 12.3. The van der Waals surface area contributed by atoms with E-state index in [1.165, 1.54) is 4.90 Å². The topological polar surface area (TPSA) is 40.6 Å². The van der Waals surface area contributed by atoms with E-state index in [4.69, 9.17) is 23.2 Å². The zero-order valence-electron chi connectivity index (χ0n) is 16.4. The average molecular weight is 429 g/mol. The molecule has 0 aromatic heterocycles. The molecular formula is C23H22Cl2N2O2. The number of hydrogen-bond donors (Lipinski definition) is 0. The highest BCUT2D eigenvalue weighted by molar-refractivity contribution is 6.45. The fourth-order valence-corrected chi connectivity index (χ4v) is 4.18. The Hall–Kier alpha value is -2.30. The number of likely N-dealkylation sites (tertiary alicyclic amines) is 1. The summed E-state index contributed by atoms with van der Waals surface area (Å²) in [5.74, 6) is -0.00895. The number of imide groups is 1. The van der Waals surface area contributed by atoms with Crippen LogP contribution in [0.2, 0.25) is 10.0 Å². The standard InChI is InChI=1S/C23H22Cl2N2O2/c1-14-9-11-26(12-10-14)21-20(16-4-6-17(24)7-5-16)22(28)27(23(21)29)18-8-3-15(2)19(25)13-18/h3-8,13-14H,9-12H2,1-2H3. The van der Waals surface area contributed by atoms with Crippen LogP contribution >= 0.6 is 23.2 Å². The number of piperidine rings is 1. The summed E-state index contributed by atoms with van der Waals surface area (Å²) in [6.07, 6.45) is 1.99. The van der Waals surface area contributed by atoms with Gasteiger partial charge in [0, 0.05) is 23.1 Å². The highest BCUT2D eigenvalue weighted by Gasteiger charge is 2.43. The molecule has 2 amide bonds. The quantitative estimate of drug-likeness (QED) is 0.621. The Balaban J connectivity index is 1.81. The monoisotopic (exact) mass is 428 g/mol. The SMILES string of the molecule is Cc1ccc(N2C(=O)C(c3ccc(Cl)cc3)=C(N3CCC(C)CC3)C2=O)cc1Cl. The number of anilines is 1. The lowest BCUT2D eigenvalue weighted by Gasteiger charge is -2.32. The van der Waals surface area contributed by atoms with Crippen LogP contribution in [0.25, 0.3) is 5.57 Å². The van der Waals surface area contributed by atoms with Crippen molar-refractivity contribution in [1.82, 2.24) is 4.90 Å². The minimum atomic E-state index is -0.328. The summed E-state index contributed by atoms with van der Waals surface area (Å²) in [6.45, 7) is 5.62. The lowest BCUT2D eigenvalue weighted by molar-refractivity contribution is -0.120. The van der Waals surface area contributed by atoms with Gasteiger partial charge in [-0.15, -0.1) is 0 Å². The van der Waals surface area contributed by atoms with Crippen molar-refractivity contribution in [2.45, 2.75) is 26.7 Å². The normalized spacial score (nSPS) is 18.2. The van der Waals surface area contributed by atoms with Crippen molar-refractivity contribution in [2.24, 2.45) is 5.92 Å². The Labute approximate surface area is 180 Å². The number of benzene rings is 2. The van der Waals surface area contributed by atoms with Gasteiger partial charge >= 0.3 is 0 Å². The first kappa shape index (κ1) is 20.0. The predicted octanol–water partition coefficient (Wildman–Crippen LogP) is 5.32. The maximum Gasteiger partial charge on any atom is 0.282 e. The largest absolute Gasteiger partial charge is 0.366 e. The first-order valence-corrected chi connectivity index (χ1v) is 10.5. The van der Waals surface area contributed by atoms with Crippen LogP contribution in [-0.4, -0.2) is 29.8 Å². The van der Waals surface area contributed by atoms with Crippen molar-refractivity contribution in [3.8, 4) is 0 Å². The molecule has 4 rings (SSSR count). The maximum atomic E-state index is 13.5. The van der Waals surface area contributed by atoms with Gasteiger partial charge in [-0.1, -0.05) is 48.3 Å². The van der Waals surface area contributed by atoms with Gasteiger partial charge in [0.15, 0.2) is 0 Å². The number of aryl methyl sites for hydroxylation is 1. The second-order valence-electron chi connectivity index (χ2n) is 7.78. The number of hydrogen-bond acceptors (Lipinski definition) is 3. The molecule has 150 valence electrons. The molecule has 0 bridgehead atoms. The van der Waals surface area contributed by atoms with E-state index < -0.39 is 0 Å². The Morgan fingerprint density at radius 1 is 0.931 bits per heavy atom. The molecule has 1 fully saturated rings. The van der Waals surface area contributed by atoms with Gasteiger partial charge in [0.1, 0.15) is 5.70 Å². The minimum Gasteiger partial charge on any atom is -0.366 e. The molecule has 0 spiro atoms. The molecule has 0 unspecified atom stereocenters. The molecule has 2 aliphatic heterocycles.